The zero-order valence-electron chi connectivity index (χ0n) is 11.0. The highest BCUT2D eigenvalue weighted by Crippen LogP contribution is 2.23. The number of carbonyl (C=O) groups is 1. The van der Waals surface area contributed by atoms with E-state index in [1.54, 1.807) is 24.3 Å². The van der Waals surface area contributed by atoms with Crippen LogP contribution >= 0.6 is 11.6 Å². The molecule has 0 heterocycles. The topological polar surface area (TPSA) is 76.0 Å². The fraction of sp³-hybridized carbons (Fsp3) is 0.133. The van der Waals surface area contributed by atoms with Crippen molar-refractivity contribution in [3.05, 3.63) is 53.1 Å². The van der Waals surface area contributed by atoms with Gasteiger partial charge in [0, 0.05) is 5.02 Å². The van der Waals surface area contributed by atoms with E-state index in [1.807, 2.05) is 0 Å². The Hall–Kier alpha value is -2.40. The maximum absolute atomic E-state index is 10.9. The lowest BCUT2D eigenvalue weighted by atomic mass is 10.2. The number of hydrogen-bond donors (Lipinski definition) is 2. The molecule has 0 amide bonds. The Morgan fingerprint density at radius 3 is 2.19 bits per heavy atom. The Bertz CT molecular complexity index is 624. The molecule has 21 heavy (non-hydrogen) atoms. The monoisotopic (exact) mass is 308 g/mol. The highest BCUT2D eigenvalue weighted by Gasteiger charge is 2.10. The summed E-state index contributed by atoms with van der Waals surface area (Å²) in [7, 11) is 0. The summed E-state index contributed by atoms with van der Waals surface area (Å²) in [5.74, 6) is -0.493. The van der Waals surface area contributed by atoms with Gasteiger partial charge in [0.2, 0.25) is 0 Å². The average molecular weight is 309 g/mol. The first-order valence-electron chi connectivity index (χ1n) is 6.14. The molecule has 0 aliphatic carbocycles. The summed E-state index contributed by atoms with van der Waals surface area (Å²) in [6.45, 7) is 0.539. The van der Waals surface area contributed by atoms with Gasteiger partial charge in [0.25, 0.3) is 0 Å². The Balaban J connectivity index is 1.85. The normalized spacial score (nSPS) is 10.1. The van der Waals surface area contributed by atoms with Gasteiger partial charge in [0.05, 0.1) is 0 Å². The number of benzene rings is 2. The van der Waals surface area contributed by atoms with Crippen LogP contribution in [0.15, 0.2) is 42.5 Å². The van der Waals surface area contributed by atoms with Crippen LogP contribution in [0.1, 0.15) is 10.4 Å². The second-order valence-corrected chi connectivity index (χ2v) is 4.57. The van der Waals surface area contributed by atoms with E-state index in [-0.39, 0.29) is 17.9 Å². The van der Waals surface area contributed by atoms with E-state index in [0.29, 0.717) is 23.1 Å². The molecule has 0 spiro atoms. The van der Waals surface area contributed by atoms with E-state index >= 15 is 0 Å². The number of rotatable bonds is 6. The van der Waals surface area contributed by atoms with Crippen molar-refractivity contribution in [2.45, 2.75) is 0 Å². The molecule has 0 fully saturated rings. The molecule has 0 aromatic heterocycles. The molecule has 2 rings (SSSR count). The summed E-state index contributed by atoms with van der Waals surface area (Å²) in [5.41, 5.74) is -0.203. The molecule has 2 N–H and O–H groups in total. The summed E-state index contributed by atoms with van der Waals surface area (Å²) in [6.07, 6.45) is 0. The van der Waals surface area contributed by atoms with Crippen molar-refractivity contribution in [2.24, 2.45) is 0 Å². The fourth-order valence-electron chi connectivity index (χ4n) is 1.63. The van der Waals surface area contributed by atoms with E-state index in [9.17, 15) is 9.90 Å². The second-order valence-electron chi connectivity index (χ2n) is 4.13. The zero-order chi connectivity index (χ0) is 15.2. The minimum Gasteiger partial charge on any atom is -0.507 e. The maximum Gasteiger partial charge on any atom is 0.339 e. The number of aromatic carboxylic acids is 1. The lowest BCUT2D eigenvalue weighted by molar-refractivity contribution is 0.0693. The largest absolute Gasteiger partial charge is 0.507 e. The van der Waals surface area contributed by atoms with Crippen LogP contribution in [0.2, 0.25) is 5.02 Å². The standard InChI is InChI=1S/C15H13ClO5/c16-10-1-3-11(4-2-10)20-7-8-21-12-5-6-14(17)13(9-12)15(18)19/h1-6,9,17H,7-8H2,(H,18,19). The molecule has 5 nitrogen and oxygen atoms in total. The van der Waals surface area contributed by atoms with Crippen molar-refractivity contribution in [1.29, 1.82) is 0 Å². The van der Waals surface area contributed by atoms with Gasteiger partial charge in [0.15, 0.2) is 0 Å². The highest BCUT2D eigenvalue weighted by molar-refractivity contribution is 6.30. The number of carboxylic acid groups (broad SMARTS) is 1. The molecular formula is C15H13ClO5. The van der Waals surface area contributed by atoms with E-state index in [0.717, 1.165) is 0 Å². The van der Waals surface area contributed by atoms with Crippen LogP contribution in [0, 0.1) is 0 Å². The third kappa shape index (κ3) is 4.29. The number of aromatic hydroxyl groups is 1. The second kappa shape index (κ2) is 6.85. The number of carboxylic acids is 1. The third-order valence-electron chi connectivity index (χ3n) is 2.63. The van der Waals surface area contributed by atoms with Crippen molar-refractivity contribution in [2.75, 3.05) is 13.2 Å². The third-order valence-corrected chi connectivity index (χ3v) is 2.88. The van der Waals surface area contributed by atoms with Crippen LogP contribution in [0.3, 0.4) is 0 Å². The molecule has 0 unspecified atom stereocenters. The minimum absolute atomic E-state index is 0.203. The quantitative estimate of drug-likeness (QED) is 0.801. The van der Waals surface area contributed by atoms with Crippen LogP contribution in [-0.2, 0) is 0 Å². The molecule has 6 heteroatoms. The van der Waals surface area contributed by atoms with Crippen molar-refractivity contribution in [1.82, 2.24) is 0 Å². The molecule has 0 aliphatic heterocycles. The lowest BCUT2D eigenvalue weighted by Gasteiger charge is -2.09. The van der Waals surface area contributed by atoms with Gasteiger partial charge in [-0.2, -0.15) is 0 Å². The summed E-state index contributed by atoms with van der Waals surface area (Å²) in [5, 5.41) is 18.9. The molecule has 110 valence electrons. The summed E-state index contributed by atoms with van der Waals surface area (Å²) in [6, 6.07) is 11.0. The van der Waals surface area contributed by atoms with Gasteiger partial charge < -0.3 is 19.7 Å². The van der Waals surface area contributed by atoms with Crippen LogP contribution in [-0.4, -0.2) is 29.4 Å². The Morgan fingerprint density at radius 2 is 1.57 bits per heavy atom. The highest BCUT2D eigenvalue weighted by atomic mass is 35.5. The van der Waals surface area contributed by atoms with Gasteiger partial charge in [-0.1, -0.05) is 11.6 Å². The van der Waals surface area contributed by atoms with Crippen LogP contribution in [0.25, 0.3) is 0 Å². The minimum atomic E-state index is -1.21. The van der Waals surface area contributed by atoms with Crippen LogP contribution in [0.4, 0.5) is 0 Å². The molecule has 0 saturated heterocycles. The summed E-state index contributed by atoms with van der Waals surface area (Å²) >= 11 is 5.76. The van der Waals surface area contributed by atoms with Gasteiger partial charge in [-0.3, -0.25) is 0 Å². The van der Waals surface area contributed by atoms with Gasteiger partial charge in [-0.05, 0) is 42.5 Å². The zero-order valence-corrected chi connectivity index (χ0v) is 11.7. The molecule has 0 atom stereocenters. The van der Waals surface area contributed by atoms with E-state index in [4.69, 9.17) is 26.2 Å². The molecule has 0 radical (unpaired) electrons. The SMILES string of the molecule is O=C(O)c1cc(OCCOc2ccc(Cl)cc2)ccc1O. The first-order chi connectivity index (χ1) is 10.1. The maximum atomic E-state index is 10.9. The van der Waals surface area contributed by atoms with E-state index in [2.05, 4.69) is 0 Å². The van der Waals surface area contributed by atoms with Crippen molar-refractivity contribution >= 4 is 17.6 Å². The first-order valence-corrected chi connectivity index (χ1v) is 6.51. The van der Waals surface area contributed by atoms with E-state index < -0.39 is 5.97 Å². The smallest absolute Gasteiger partial charge is 0.339 e. The number of phenols is 1. The van der Waals surface area contributed by atoms with E-state index in [1.165, 1.54) is 18.2 Å². The van der Waals surface area contributed by atoms with Gasteiger partial charge in [-0.15, -0.1) is 0 Å². The van der Waals surface area contributed by atoms with Crippen LogP contribution < -0.4 is 9.47 Å². The Kier molecular flexibility index (Phi) is 4.90. The Morgan fingerprint density at radius 1 is 1.00 bits per heavy atom. The molecule has 0 bridgehead atoms. The summed E-state index contributed by atoms with van der Waals surface area (Å²) < 4.78 is 10.8. The molecule has 2 aromatic carbocycles. The Labute approximate surface area is 126 Å². The number of ether oxygens (including phenoxy) is 2. The van der Waals surface area contributed by atoms with Crippen molar-refractivity contribution in [3.63, 3.8) is 0 Å². The first kappa shape index (κ1) is 15.0. The van der Waals surface area contributed by atoms with Gasteiger partial charge >= 0.3 is 5.97 Å². The van der Waals surface area contributed by atoms with Gasteiger partial charge in [-0.25, -0.2) is 4.79 Å². The van der Waals surface area contributed by atoms with Crippen LogP contribution in [0.5, 0.6) is 17.2 Å². The van der Waals surface area contributed by atoms with Crippen molar-refractivity contribution < 1.29 is 24.5 Å². The molecular weight excluding hydrogens is 296 g/mol. The fourth-order valence-corrected chi connectivity index (χ4v) is 1.75. The predicted molar refractivity (Wildman–Crippen MR) is 77.5 cm³/mol. The van der Waals surface area contributed by atoms with Gasteiger partial charge in [0.1, 0.15) is 36.0 Å². The predicted octanol–water partition coefficient (Wildman–Crippen LogP) is 3.20. The lowest BCUT2D eigenvalue weighted by Crippen LogP contribution is -2.09. The molecule has 0 aliphatic rings. The molecule has 0 saturated carbocycles. The number of halogens is 1. The molecule has 2 aromatic rings. The summed E-state index contributed by atoms with van der Waals surface area (Å²) in [4.78, 5) is 10.9. The van der Waals surface area contributed by atoms with Crippen molar-refractivity contribution in [3.8, 4) is 17.2 Å². The number of hydrogen-bond acceptors (Lipinski definition) is 4. The average Bonchev–Trinajstić information content (AvgIpc) is 2.46.